The van der Waals surface area contributed by atoms with Gasteiger partial charge in [-0.1, -0.05) is 23.7 Å². The fraction of sp³-hybridized carbons (Fsp3) is 0.222. The Morgan fingerprint density at radius 2 is 2.27 bits per heavy atom. The van der Waals surface area contributed by atoms with Crippen molar-refractivity contribution in [3.05, 3.63) is 34.0 Å². The predicted octanol–water partition coefficient (Wildman–Crippen LogP) is 3.54. The van der Waals surface area contributed by atoms with E-state index >= 15 is 0 Å². The van der Waals surface area contributed by atoms with Gasteiger partial charge in [0.15, 0.2) is 0 Å². The van der Waals surface area contributed by atoms with Gasteiger partial charge in [0.1, 0.15) is 0 Å². The Kier molecular flexibility index (Phi) is 1.86. The van der Waals surface area contributed by atoms with Crippen LogP contribution in [0.4, 0.5) is 0 Å². The summed E-state index contributed by atoms with van der Waals surface area (Å²) >= 11 is 7.80. The summed E-state index contributed by atoms with van der Waals surface area (Å²) in [6.45, 7) is 2.15. The maximum atomic E-state index is 6.00. The molecule has 0 aromatic heterocycles. The van der Waals surface area contributed by atoms with Crippen LogP contribution in [-0.4, -0.2) is 0 Å². The molecule has 1 aromatic carbocycles. The molecule has 0 atom stereocenters. The van der Waals surface area contributed by atoms with Gasteiger partial charge in [-0.15, -0.1) is 11.8 Å². The smallest absolute Gasteiger partial charge is 0.0544 e. The number of thioether (sulfide) groups is 1. The zero-order valence-corrected chi connectivity index (χ0v) is 7.80. The monoisotopic (exact) mass is 183 g/mol. The third-order valence-corrected chi connectivity index (χ3v) is 3.37. The van der Waals surface area contributed by atoms with Gasteiger partial charge >= 0.3 is 0 Å². The van der Waals surface area contributed by atoms with Crippen LogP contribution in [0.15, 0.2) is 23.1 Å². The average Bonchev–Trinajstić information content (AvgIpc) is 2.31. The topological polar surface area (TPSA) is 0 Å². The molecule has 0 fully saturated rings. The predicted molar refractivity (Wildman–Crippen MR) is 49.9 cm³/mol. The molecular weight excluding hydrogens is 176 g/mol. The highest BCUT2D eigenvalue weighted by Gasteiger charge is 2.20. The molecule has 0 saturated heterocycles. The Morgan fingerprint density at radius 1 is 1.45 bits per heavy atom. The first kappa shape index (κ1) is 7.51. The molecule has 0 unspecified atom stereocenters. The van der Waals surface area contributed by atoms with E-state index in [1.807, 2.05) is 12.1 Å². The van der Waals surface area contributed by atoms with Crippen molar-refractivity contribution in [1.29, 1.82) is 0 Å². The van der Waals surface area contributed by atoms with Crippen LogP contribution in [0, 0.1) is 5.25 Å². The molecule has 0 spiro atoms. The Labute approximate surface area is 75.9 Å². The van der Waals surface area contributed by atoms with E-state index in [4.69, 9.17) is 11.6 Å². The minimum Gasteiger partial charge on any atom is -0.116 e. The summed E-state index contributed by atoms with van der Waals surface area (Å²) < 4.78 is 0. The summed E-state index contributed by atoms with van der Waals surface area (Å²) in [4.78, 5) is 1.26. The number of hydrogen-bond donors (Lipinski definition) is 0. The van der Waals surface area contributed by atoms with Gasteiger partial charge in [0.05, 0.1) is 5.02 Å². The summed E-state index contributed by atoms with van der Waals surface area (Å²) in [7, 11) is 0. The minimum absolute atomic E-state index is 0.893. The number of halogens is 1. The fourth-order valence-corrected chi connectivity index (χ4v) is 2.61. The second kappa shape index (κ2) is 2.72. The quantitative estimate of drug-likeness (QED) is 0.593. The third-order valence-electron chi connectivity index (χ3n) is 1.76. The third kappa shape index (κ3) is 1.27. The lowest BCUT2D eigenvalue weighted by Crippen LogP contribution is -1.81. The number of fused-ring (bicyclic) bond motifs is 1. The second-order valence-corrected chi connectivity index (χ2v) is 4.43. The summed E-state index contributed by atoms with van der Waals surface area (Å²) in [6, 6.07) is 6.11. The lowest BCUT2D eigenvalue weighted by atomic mass is 10.1. The van der Waals surface area contributed by atoms with Crippen LogP contribution >= 0.6 is 23.4 Å². The van der Waals surface area contributed by atoms with Gasteiger partial charge in [-0.25, -0.2) is 0 Å². The minimum atomic E-state index is 0.893. The zero-order chi connectivity index (χ0) is 7.84. The number of rotatable bonds is 0. The van der Waals surface area contributed by atoms with Crippen molar-refractivity contribution in [2.24, 2.45) is 0 Å². The maximum absolute atomic E-state index is 6.00. The Morgan fingerprint density at radius 3 is 3.00 bits per heavy atom. The van der Waals surface area contributed by atoms with E-state index in [2.05, 4.69) is 13.0 Å². The largest absolute Gasteiger partial charge is 0.116 e. The van der Waals surface area contributed by atoms with Crippen LogP contribution in [0.3, 0.4) is 0 Å². The van der Waals surface area contributed by atoms with E-state index in [0.29, 0.717) is 0 Å². The average molecular weight is 184 g/mol. The zero-order valence-electron chi connectivity index (χ0n) is 6.23. The summed E-state index contributed by atoms with van der Waals surface area (Å²) in [5.74, 6) is 0. The van der Waals surface area contributed by atoms with Crippen LogP contribution in [-0.2, 0) is 6.42 Å². The first-order valence-corrected chi connectivity index (χ1v) is 4.74. The van der Waals surface area contributed by atoms with Crippen LogP contribution in [0.2, 0.25) is 5.02 Å². The molecule has 1 radical (unpaired) electrons. The van der Waals surface area contributed by atoms with Crippen molar-refractivity contribution in [3.8, 4) is 0 Å². The highest BCUT2D eigenvalue weighted by atomic mass is 35.5. The first-order valence-electron chi connectivity index (χ1n) is 3.55. The molecule has 1 aliphatic rings. The van der Waals surface area contributed by atoms with Crippen molar-refractivity contribution in [3.63, 3.8) is 0 Å². The molecule has 0 nitrogen and oxygen atoms in total. The molecule has 0 aliphatic carbocycles. The highest BCUT2D eigenvalue weighted by molar-refractivity contribution is 8.02. The van der Waals surface area contributed by atoms with E-state index in [9.17, 15) is 0 Å². The van der Waals surface area contributed by atoms with Gasteiger partial charge in [-0.2, -0.15) is 0 Å². The van der Waals surface area contributed by atoms with Crippen LogP contribution in [0.25, 0.3) is 0 Å². The van der Waals surface area contributed by atoms with Gasteiger partial charge in [-0.3, -0.25) is 0 Å². The fourth-order valence-electron chi connectivity index (χ4n) is 1.29. The van der Waals surface area contributed by atoms with Gasteiger partial charge in [-0.05, 0) is 25.0 Å². The lowest BCUT2D eigenvalue weighted by molar-refractivity contribution is 1.10. The van der Waals surface area contributed by atoms with E-state index in [0.717, 1.165) is 11.4 Å². The molecule has 1 heterocycles. The van der Waals surface area contributed by atoms with Crippen molar-refractivity contribution in [2.75, 3.05) is 0 Å². The SMILES string of the molecule is C[C]1Cc2cccc(Cl)c2S1. The molecule has 1 aromatic rings. The second-order valence-electron chi connectivity index (χ2n) is 2.71. The standard InChI is InChI=1S/C9H8ClS/c1-6-5-7-3-2-4-8(10)9(7)11-6/h2-4H,5H2,1H3. The molecule has 0 bridgehead atoms. The molecular formula is C9H8ClS. The molecule has 2 rings (SSSR count). The Bertz CT molecular complexity index is 283. The van der Waals surface area contributed by atoms with E-state index < -0.39 is 0 Å². The van der Waals surface area contributed by atoms with E-state index in [-0.39, 0.29) is 0 Å². The highest BCUT2D eigenvalue weighted by Crippen LogP contribution is 2.44. The number of benzene rings is 1. The molecule has 0 saturated carbocycles. The molecule has 2 heteroatoms. The summed E-state index contributed by atoms with van der Waals surface area (Å²) in [5.41, 5.74) is 1.38. The van der Waals surface area contributed by atoms with Gasteiger partial charge in [0.25, 0.3) is 0 Å². The Hall–Kier alpha value is -0.140. The molecule has 0 N–H and O–H groups in total. The summed E-state index contributed by atoms with van der Waals surface area (Å²) in [6.07, 6.45) is 1.08. The van der Waals surface area contributed by atoms with Gasteiger partial charge < -0.3 is 0 Å². The maximum Gasteiger partial charge on any atom is 0.0544 e. The van der Waals surface area contributed by atoms with Gasteiger partial charge in [0.2, 0.25) is 0 Å². The van der Waals surface area contributed by atoms with E-state index in [1.54, 1.807) is 11.8 Å². The van der Waals surface area contributed by atoms with Gasteiger partial charge in [0, 0.05) is 10.1 Å². The van der Waals surface area contributed by atoms with E-state index in [1.165, 1.54) is 15.7 Å². The Balaban J connectivity index is 2.49. The molecule has 11 heavy (non-hydrogen) atoms. The molecule has 57 valence electrons. The first-order chi connectivity index (χ1) is 5.27. The summed E-state index contributed by atoms with van der Waals surface area (Å²) in [5, 5.41) is 2.33. The lowest BCUT2D eigenvalue weighted by Gasteiger charge is -1.98. The van der Waals surface area contributed by atoms with Crippen LogP contribution < -0.4 is 0 Å². The molecule has 1 aliphatic heterocycles. The number of hydrogen-bond acceptors (Lipinski definition) is 1. The van der Waals surface area contributed by atoms with Crippen molar-refractivity contribution < 1.29 is 0 Å². The normalized spacial score (nSPS) is 16.9. The van der Waals surface area contributed by atoms with Crippen molar-refractivity contribution in [2.45, 2.75) is 18.2 Å². The van der Waals surface area contributed by atoms with Crippen LogP contribution in [0.1, 0.15) is 12.5 Å². The van der Waals surface area contributed by atoms with Crippen LogP contribution in [0.5, 0.6) is 0 Å². The van der Waals surface area contributed by atoms with Crippen molar-refractivity contribution >= 4 is 23.4 Å². The molecule has 0 amide bonds. The van der Waals surface area contributed by atoms with Crippen molar-refractivity contribution in [1.82, 2.24) is 0 Å².